The summed E-state index contributed by atoms with van der Waals surface area (Å²) in [6.45, 7) is 0. The smallest absolute Gasteiger partial charge is 0.335 e. The molecule has 0 heterocycles. The van der Waals surface area contributed by atoms with Gasteiger partial charge in [0.15, 0.2) is 0 Å². The van der Waals surface area contributed by atoms with Gasteiger partial charge in [0.25, 0.3) is 0 Å². The number of hydrogen-bond donors (Lipinski definition) is 1. The Balaban J connectivity index is 2.30. The van der Waals surface area contributed by atoms with Crippen molar-refractivity contribution >= 4 is 28.3 Å². The maximum absolute atomic E-state index is 11.1. The van der Waals surface area contributed by atoms with Gasteiger partial charge in [0.05, 0.1) is 5.56 Å². The summed E-state index contributed by atoms with van der Waals surface area (Å²) in [5.74, 6) is -0.955. The van der Waals surface area contributed by atoms with Crippen LogP contribution in [0.2, 0.25) is 5.02 Å². The fraction of sp³-hybridized carbons (Fsp3) is 0. The predicted octanol–water partition coefficient (Wildman–Crippen LogP) is 4.86. The topological polar surface area (TPSA) is 37.3 Å². The van der Waals surface area contributed by atoms with Gasteiger partial charge in [-0.05, 0) is 34.5 Å². The van der Waals surface area contributed by atoms with E-state index in [2.05, 4.69) is 0 Å². The lowest BCUT2D eigenvalue weighted by Crippen LogP contribution is -1.96. The molecular formula is C17H11ClO2. The number of carboxylic acids is 1. The summed E-state index contributed by atoms with van der Waals surface area (Å²) < 4.78 is 0. The van der Waals surface area contributed by atoms with Gasteiger partial charge >= 0.3 is 5.97 Å². The second-order valence-corrected chi connectivity index (χ2v) is 4.93. The molecule has 0 fully saturated rings. The van der Waals surface area contributed by atoms with Crippen LogP contribution in [-0.2, 0) is 0 Å². The number of aromatic carboxylic acids is 1. The lowest BCUT2D eigenvalue weighted by Gasteiger charge is -2.09. The van der Waals surface area contributed by atoms with Crippen molar-refractivity contribution in [2.24, 2.45) is 0 Å². The molecule has 0 radical (unpaired) electrons. The Labute approximate surface area is 121 Å². The molecular weight excluding hydrogens is 272 g/mol. The molecule has 0 aliphatic rings. The van der Waals surface area contributed by atoms with E-state index in [0.29, 0.717) is 5.02 Å². The van der Waals surface area contributed by atoms with Crippen molar-refractivity contribution in [3.8, 4) is 11.1 Å². The summed E-state index contributed by atoms with van der Waals surface area (Å²) >= 11 is 6.24. The zero-order valence-electron chi connectivity index (χ0n) is 10.5. The molecule has 0 aliphatic heterocycles. The average molecular weight is 283 g/mol. The molecule has 1 N–H and O–H groups in total. The van der Waals surface area contributed by atoms with Crippen LogP contribution in [0.15, 0.2) is 60.7 Å². The Kier molecular flexibility index (Phi) is 3.17. The van der Waals surface area contributed by atoms with Crippen molar-refractivity contribution in [3.05, 3.63) is 71.2 Å². The average Bonchev–Trinajstić information content (AvgIpc) is 2.47. The van der Waals surface area contributed by atoms with Gasteiger partial charge in [0, 0.05) is 10.6 Å². The Morgan fingerprint density at radius 2 is 1.65 bits per heavy atom. The highest BCUT2D eigenvalue weighted by atomic mass is 35.5. The van der Waals surface area contributed by atoms with Crippen LogP contribution in [0.1, 0.15) is 10.4 Å². The van der Waals surface area contributed by atoms with Gasteiger partial charge in [-0.3, -0.25) is 0 Å². The molecule has 0 spiro atoms. The highest BCUT2D eigenvalue weighted by Crippen LogP contribution is 2.34. The first-order valence-electron chi connectivity index (χ1n) is 6.18. The van der Waals surface area contributed by atoms with Gasteiger partial charge in [-0.1, -0.05) is 54.1 Å². The number of rotatable bonds is 2. The van der Waals surface area contributed by atoms with Crippen molar-refractivity contribution in [2.45, 2.75) is 0 Å². The van der Waals surface area contributed by atoms with E-state index < -0.39 is 5.97 Å². The minimum Gasteiger partial charge on any atom is -0.478 e. The number of carboxylic acid groups (broad SMARTS) is 1. The summed E-state index contributed by atoms with van der Waals surface area (Å²) in [5.41, 5.74) is 1.91. The van der Waals surface area contributed by atoms with Crippen molar-refractivity contribution in [2.75, 3.05) is 0 Å². The molecule has 0 amide bonds. The van der Waals surface area contributed by atoms with Crippen LogP contribution in [0.3, 0.4) is 0 Å². The van der Waals surface area contributed by atoms with Gasteiger partial charge in [-0.2, -0.15) is 0 Å². The Bertz CT molecular complexity index is 804. The SMILES string of the molecule is O=C(O)c1ccc(Cl)c(-c2cccc3ccccc23)c1. The normalized spacial score (nSPS) is 10.7. The summed E-state index contributed by atoms with van der Waals surface area (Å²) in [6.07, 6.45) is 0. The molecule has 3 aromatic rings. The Morgan fingerprint density at radius 3 is 2.45 bits per heavy atom. The quantitative estimate of drug-likeness (QED) is 0.729. The summed E-state index contributed by atoms with van der Waals surface area (Å²) in [4.78, 5) is 11.1. The van der Waals surface area contributed by atoms with E-state index in [1.54, 1.807) is 12.1 Å². The number of benzene rings is 3. The molecule has 2 nitrogen and oxygen atoms in total. The van der Waals surface area contributed by atoms with E-state index in [1.807, 2.05) is 42.5 Å². The largest absolute Gasteiger partial charge is 0.478 e. The van der Waals surface area contributed by atoms with Crippen molar-refractivity contribution in [1.82, 2.24) is 0 Å². The fourth-order valence-electron chi connectivity index (χ4n) is 2.32. The van der Waals surface area contributed by atoms with Crippen LogP contribution in [0, 0.1) is 0 Å². The maximum Gasteiger partial charge on any atom is 0.335 e. The molecule has 0 bridgehead atoms. The number of halogens is 1. The molecule has 98 valence electrons. The Morgan fingerprint density at radius 1 is 0.900 bits per heavy atom. The van der Waals surface area contributed by atoms with Gasteiger partial charge < -0.3 is 5.11 Å². The molecule has 0 saturated heterocycles. The van der Waals surface area contributed by atoms with Crippen molar-refractivity contribution < 1.29 is 9.90 Å². The fourth-order valence-corrected chi connectivity index (χ4v) is 2.54. The maximum atomic E-state index is 11.1. The second-order valence-electron chi connectivity index (χ2n) is 4.53. The standard InChI is InChI=1S/C17H11ClO2/c18-16-9-8-12(17(19)20)10-15(16)14-7-3-5-11-4-1-2-6-13(11)14/h1-10H,(H,19,20). The van der Waals surface area contributed by atoms with Crippen LogP contribution in [0.5, 0.6) is 0 Å². The van der Waals surface area contributed by atoms with Gasteiger partial charge in [-0.25, -0.2) is 4.79 Å². The van der Waals surface area contributed by atoms with Crippen molar-refractivity contribution in [3.63, 3.8) is 0 Å². The second kappa shape index (κ2) is 4.99. The van der Waals surface area contributed by atoms with E-state index in [4.69, 9.17) is 16.7 Å². The van der Waals surface area contributed by atoms with Gasteiger partial charge in [0.1, 0.15) is 0 Å². The third-order valence-corrected chi connectivity index (χ3v) is 3.62. The predicted molar refractivity (Wildman–Crippen MR) is 81.4 cm³/mol. The third kappa shape index (κ3) is 2.15. The zero-order valence-corrected chi connectivity index (χ0v) is 11.3. The first-order valence-corrected chi connectivity index (χ1v) is 6.55. The van der Waals surface area contributed by atoms with Gasteiger partial charge in [-0.15, -0.1) is 0 Å². The van der Waals surface area contributed by atoms with Crippen LogP contribution in [0.25, 0.3) is 21.9 Å². The lowest BCUT2D eigenvalue weighted by atomic mass is 9.97. The monoisotopic (exact) mass is 282 g/mol. The highest BCUT2D eigenvalue weighted by molar-refractivity contribution is 6.34. The number of hydrogen-bond acceptors (Lipinski definition) is 1. The molecule has 0 saturated carbocycles. The Hall–Kier alpha value is -2.32. The molecule has 3 aromatic carbocycles. The lowest BCUT2D eigenvalue weighted by molar-refractivity contribution is 0.0697. The zero-order chi connectivity index (χ0) is 14.1. The molecule has 0 atom stereocenters. The molecule has 0 unspecified atom stereocenters. The molecule has 0 aromatic heterocycles. The number of fused-ring (bicyclic) bond motifs is 1. The van der Waals surface area contributed by atoms with E-state index >= 15 is 0 Å². The summed E-state index contributed by atoms with van der Waals surface area (Å²) in [6, 6.07) is 18.6. The van der Waals surface area contributed by atoms with Crippen LogP contribution < -0.4 is 0 Å². The molecule has 0 aliphatic carbocycles. The van der Waals surface area contributed by atoms with E-state index in [1.165, 1.54) is 6.07 Å². The number of carbonyl (C=O) groups is 1. The first kappa shape index (κ1) is 12.7. The van der Waals surface area contributed by atoms with Gasteiger partial charge in [0.2, 0.25) is 0 Å². The molecule has 3 heteroatoms. The first-order chi connectivity index (χ1) is 9.66. The van der Waals surface area contributed by atoms with E-state index in [9.17, 15) is 4.79 Å². The van der Waals surface area contributed by atoms with Crippen molar-refractivity contribution in [1.29, 1.82) is 0 Å². The van der Waals surface area contributed by atoms with E-state index in [0.717, 1.165) is 21.9 Å². The van der Waals surface area contributed by atoms with Crippen LogP contribution in [-0.4, -0.2) is 11.1 Å². The third-order valence-electron chi connectivity index (χ3n) is 3.29. The summed E-state index contributed by atoms with van der Waals surface area (Å²) in [5, 5.41) is 11.8. The minimum atomic E-state index is -0.955. The molecule has 20 heavy (non-hydrogen) atoms. The highest BCUT2D eigenvalue weighted by Gasteiger charge is 2.11. The van der Waals surface area contributed by atoms with Crippen LogP contribution >= 0.6 is 11.6 Å². The minimum absolute atomic E-state index is 0.234. The van der Waals surface area contributed by atoms with Crippen LogP contribution in [0.4, 0.5) is 0 Å². The molecule has 3 rings (SSSR count). The summed E-state index contributed by atoms with van der Waals surface area (Å²) in [7, 11) is 0. The van der Waals surface area contributed by atoms with E-state index in [-0.39, 0.29) is 5.56 Å².